The Bertz CT molecular complexity index is 605. The first-order valence-electron chi connectivity index (χ1n) is 6.95. The Morgan fingerprint density at radius 2 is 1.80 bits per heavy atom. The zero-order valence-corrected chi connectivity index (χ0v) is 12.8. The second-order valence-corrected chi connectivity index (χ2v) is 5.37. The normalized spacial score (nSPS) is 10.7. The number of hydrogen-bond acceptors (Lipinski definition) is 3. The van der Waals surface area contributed by atoms with Crippen molar-refractivity contribution in [1.82, 2.24) is 4.98 Å². The molecule has 20 heavy (non-hydrogen) atoms. The third kappa shape index (κ3) is 2.99. The van der Waals surface area contributed by atoms with Crippen molar-refractivity contribution >= 4 is 5.82 Å². The molecule has 2 aromatic rings. The fourth-order valence-corrected chi connectivity index (χ4v) is 2.53. The van der Waals surface area contributed by atoms with Crippen molar-refractivity contribution in [3.05, 3.63) is 58.3 Å². The van der Waals surface area contributed by atoms with E-state index in [1.165, 1.54) is 16.7 Å². The molecule has 0 spiro atoms. The van der Waals surface area contributed by atoms with Crippen molar-refractivity contribution in [2.45, 2.75) is 33.9 Å². The number of pyridine rings is 1. The second-order valence-electron chi connectivity index (χ2n) is 5.37. The van der Waals surface area contributed by atoms with Crippen LogP contribution >= 0.6 is 0 Å². The highest BCUT2D eigenvalue weighted by atomic mass is 15.2. The number of benzene rings is 1. The van der Waals surface area contributed by atoms with E-state index < -0.39 is 0 Å². The Balaban J connectivity index is 2.34. The zero-order chi connectivity index (χ0) is 14.7. The fourth-order valence-electron chi connectivity index (χ4n) is 2.53. The average molecular weight is 269 g/mol. The topological polar surface area (TPSA) is 42.1 Å². The smallest absolute Gasteiger partial charge is 0.133 e. The van der Waals surface area contributed by atoms with Gasteiger partial charge in [-0.3, -0.25) is 0 Å². The summed E-state index contributed by atoms with van der Waals surface area (Å²) in [5.74, 6) is 0.994. The van der Waals surface area contributed by atoms with E-state index in [4.69, 9.17) is 5.73 Å². The Labute approximate surface area is 121 Å². The lowest BCUT2D eigenvalue weighted by molar-refractivity contribution is 0.860. The largest absolute Gasteiger partial charge is 0.355 e. The van der Waals surface area contributed by atoms with Gasteiger partial charge in [0.2, 0.25) is 0 Å². The molecule has 106 valence electrons. The molecule has 0 atom stereocenters. The van der Waals surface area contributed by atoms with E-state index in [1.807, 2.05) is 6.92 Å². The van der Waals surface area contributed by atoms with Crippen molar-refractivity contribution in [2.75, 3.05) is 11.9 Å². The lowest BCUT2D eigenvalue weighted by Crippen LogP contribution is -2.22. The van der Waals surface area contributed by atoms with Gasteiger partial charge in [0.05, 0.1) is 0 Å². The van der Waals surface area contributed by atoms with E-state index in [0.717, 1.165) is 23.6 Å². The summed E-state index contributed by atoms with van der Waals surface area (Å²) < 4.78 is 0. The van der Waals surface area contributed by atoms with Crippen LogP contribution in [0.2, 0.25) is 0 Å². The quantitative estimate of drug-likeness (QED) is 0.927. The predicted molar refractivity (Wildman–Crippen MR) is 84.9 cm³/mol. The molecule has 2 rings (SSSR count). The highest BCUT2D eigenvalue weighted by Crippen LogP contribution is 2.23. The first-order chi connectivity index (χ1) is 9.52. The number of aromatic nitrogens is 1. The third-order valence-electron chi connectivity index (χ3n) is 3.69. The Hall–Kier alpha value is -1.87. The maximum absolute atomic E-state index is 5.90. The number of nitrogens with zero attached hydrogens (tertiary/aromatic N) is 2. The van der Waals surface area contributed by atoms with Crippen LogP contribution in [0.5, 0.6) is 0 Å². The van der Waals surface area contributed by atoms with Gasteiger partial charge in [-0.15, -0.1) is 0 Å². The van der Waals surface area contributed by atoms with Crippen LogP contribution in [-0.4, -0.2) is 12.0 Å². The number of hydrogen-bond donors (Lipinski definition) is 1. The summed E-state index contributed by atoms with van der Waals surface area (Å²) in [6.07, 6.45) is 0. The summed E-state index contributed by atoms with van der Waals surface area (Å²) in [4.78, 5) is 6.86. The van der Waals surface area contributed by atoms with Crippen LogP contribution in [0, 0.1) is 20.8 Å². The highest BCUT2D eigenvalue weighted by Gasteiger charge is 2.12. The first kappa shape index (κ1) is 14.5. The van der Waals surface area contributed by atoms with Crippen LogP contribution < -0.4 is 10.6 Å². The van der Waals surface area contributed by atoms with Gasteiger partial charge in [0.25, 0.3) is 0 Å². The van der Waals surface area contributed by atoms with Crippen LogP contribution in [0.4, 0.5) is 5.82 Å². The first-order valence-corrected chi connectivity index (χ1v) is 6.95. The van der Waals surface area contributed by atoms with Gasteiger partial charge < -0.3 is 10.6 Å². The fraction of sp³-hybridized carbons (Fsp3) is 0.353. The molecule has 1 aromatic carbocycles. The van der Waals surface area contributed by atoms with Gasteiger partial charge in [0, 0.05) is 31.4 Å². The minimum atomic E-state index is 0.520. The molecule has 0 amide bonds. The van der Waals surface area contributed by atoms with Gasteiger partial charge in [-0.25, -0.2) is 4.98 Å². The van der Waals surface area contributed by atoms with E-state index in [1.54, 1.807) is 0 Å². The van der Waals surface area contributed by atoms with E-state index in [-0.39, 0.29) is 0 Å². The average Bonchev–Trinajstić information content (AvgIpc) is 2.40. The molecular formula is C17H23N3. The maximum Gasteiger partial charge on any atom is 0.133 e. The molecule has 0 unspecified atom stereocenters. The molecular weight excluding hydrogens is 246 g/mol. The van der Waals surface area contributed by atoms with Gasteiger partial charge in [0.1, 0.15) is 5.82 Å². The lowest BCUT2D eigenvalue weighted by atomic mass is 10.1. The summed E-state index contributed by atoms with van der Waals surface area (Å²) in [5.41, 5.74) is 11.9. The maximum atomic E-state index is 5.90. The SMILES string of the molecule is Cc1cc(C)c(CN)c(N(C)Cc2ccccc2C)n1. The van der Waals surface area contributed by atoms with E-state index in [0.29, 0.717) is 6.54 Å². The standard InChI is InChI=1S/C17H23N3/c1-12-7-5-6-8-15(12)11-20(4)17-16(10-18)13(2)9-14(3)19-17/h5-9H,10-11,18H2,1-4H3. The predicted octanol–water partition coefficient (Wildman–Crippen LogP) is 3.10. The van der Waals surface area contributed by atoms with E-state index >= 15 is 0 Å². The van der Waals surface area contributed by atoms with Gasteiger partial charge in [-0.1, -0.05) is 24.3 Å². The minimum absolute atomic E-state index is 0.520. The molecule has 0 aliphatic carbocycles. The summed E-state index contributed by atoms with van der Waals surface area (Å²) >= 11 is 0. The van der Waals surface area contributed by atoms with Crippen molar-refractivity contribution in [3.8, 4) is 0 Å². The molecule has 1 aromatic heterocycles. The van der Waals surface area contributed by atoms with Crippen molar-refractivity contribution in [2.24, 2.45) is 5.73 Å². The number of nitrogens with two attached hydrogens (primary N) is 1. The van der Waals surface area contributed by atoms with E-state index in [9.17, 15) is 0 Å². The van der Waals surface area contributed by atoms with Crippen LogP contribution in [0.25, 0.3) is 0 Å². The lowest BCUT2D eigenvalue weighted by Gasteiger charge is -2.23. The van der Waals surface area contributed by atoms with Crippen molar-refractivity contribution in [1.29, 1.82) is 0 Å². The number of aryl methyl sites for hydroxylation is 3. The Morgan fingerprint density at radius 3 is 2.45 bits per heavy atom. The van der Waals surface area contributed by atoms with Crippen molar-refractivity contribution in [3.63, 3.8) is 0 Å². The minimum Gasteiger partial charge on any atom is -0.355 e. The molecule has 0 aliphatic heterocycles. The Morgan fingerprint density at radius 1 is 1.10 bits per heavy atom. The zero-order valence-electron chi connectivity index (χ0n) is 12.8. The van der Waals surface area contributed by atoms with Gasteiger partial charge in [-0.05, 0) is 43.5 Å². The molecule has 3 heteroatoms. The van der Waals surface area contributed by atoms with Gasteiger partial charge >= 0.3 is 0 Å². The molecule has 0 saturated heterocycles. The molecule has 2 N–H and O–H groups in total. The number of rotatable bonds is 4. The second kappa shape index (κ2) is 6.06. The van der Waals surface area contributed by atoms with Gasteiger partial charge in [-0.2, -0.15) is 0 Å². The van der Waals surface area contributed by atoms with Gasteiger partial charge in [0.15, 0.2) is 0 Å². The van der Waals surface area contributed by atoms with Crippen molar-refractivity contribution < 1.29 is 0 Å². The monoisotopic (exact) mass is 269 g/mol. The molecule has 0 aliphatic rings. The number of anilines is 1. The molecule has 0 saturated carbocycles. The van der Waals surface area contributed by atoms with Crippen LogP contribution in [0.15, 0.2) is 30.3 Å². The highest BCUT2D eigenvalue weighted by molar-refractivity contribution is 5.51. The molecule has 1 heterocycles. The summed E-state index contributed by atoms with van der Waals surface area (Å²) in [6, 6.07) is 10.5. The van der Waals surface area contributed by atoms with E-state index in [2.05, 4.69) is 61.1 Å². The molecule has 0 radical (unpaired) electrons. The summed E-state index contributed by atoms with van der Waals surface area (Å²) in [6.45, 7) is 7.63. The van der Waals surface area contributed by atoms with Crippen LogP contribution in [-0.2, 0) is 13.1 Å². The van der Waals surface area contributed by atoms with Crippen LogP contribution in [0.1, 0.15) is 27.9 Å². The van der Waals surface area contributed by atoms with Crippen LogP contribution in [0.3, 0.4) is 0 Å². The molecule has 0 bridgehead atoms. The summed E-state index contributed by atoms with van der Waals surface area (Å²) in [5, 5.41) is 0. The molecule has 0 fully saturated rings. The Kier molecular flexibility index (Phi) is 4.40. The molecule has 3 nitrogen and oxygen atoms in total. The summed E-state index contributed by atoms with van der Waals surface area (Å²) in [7, 11) is 2.08. The third-order valence-corrected chi connectivity index (χ3v) is 3.69.